The number of likely N-dealkylation sites (tertiary alicyclic amines) is 1. The molecule has 1 saturated heterocycles. The molecule has 3 N–H and O–H groups in total. The zero-order valence-corrected chi connectivity index (χ0v) is 12.0. The second-order valence-electron chi connectivity index (χ2n) is 5.29. The maximum atomic E-state index is 12.4. The van der Waals surface area contributed by atoms with Gasteiger partial charge in [-0.2, -0.15) is 0 Å². The molecule has 21 heavy (non-hydrogen) atoms. The van der Waals surface area contributed by atoms with Crippen LogP contribution in [0.15, 0.2) is 18.2 Å². The van der Waals surface area contributed by atoms with Crippen molar-refractivity contribution in [2.75, 3.05) is 20.2 Å². The summed E-state index contributed by atoms with van der Waals surface area (Å²) in [4.78, 5) is 25.0. The number of hydrogen-bond donors (Lipinski definition) is 2. The van der Waals surface area contributed by atoms with Crippen LogP contribution in [0, 0.1) is 5.92 Å². The Morgan fingerprint density at radius 2 is 2.05 bits per heavy atom. The van der Waals surface area contributed by atoms with E-state index in [0.29, 0.717) is 25.3 Å². The Kier molecular flexibility index (Phi) is 4.67. The quantitative estimate of drug-likeness (QED) is 0.870. The second-order valence-corrected chi connectivity index (χ2v) is 5.29. The summed E-state index contributed by atoms with van der Waals surface area (Å²) in [6.45, 7) is 1.14. The zero-order chi connectivity index (χ0) is 15.4. The molecule has 0 bridgehead atoms. The molecule has 1 heterocycles. The predicted molar refractivity (Wildman–Crippen MR) is 77.1 cm³/mol. The van der Waals surface area contributed by atoms with E-state index in [-0.39, 0.29) is 29.0 Å². The van der Waals surface area contributed by atoms with Gasteiger partial charge in [0.15, 0.2) is 0 Å². The van der Waals surface area contributed by atoms with E-state index in [0.717, 1.165) is 12.8 Å². The first-order chi connectivity index (χ1) is 10.0. The number of nitrogens with two attached hydrogens (primary N) is 1. The van der Waals surface area contributed by atoms with Crippen molar-refractivity contribution >= 4 is 11.8 Å². The summed E-state index contributed by atoms with van der Waals surface area (Å²) in [5.74, 6) is 0.166. The first-order valence-electron chi connectivity index (χ1n) is 6.96. The average Bonchev–Trinajstić information content (AvgIpc) is 2.46. The zero-order valence-electron chi connectivity index (χ0n) is 12.0. The summed E-state index contributed by atoms with van der Waals surface area (Å²) >= 11 is 0. The van der Waals surface area contributed by atoms with Crippen molar-refractivity contribution in [3.8, 4) is 11.5 Å². The summed E-state index contributed by atoms with van der Waals surface area (Å²) in [6.07, 6.45) is 1.88. The molecule has 1 fully saturated rings. The highest BCUT2D eigenvalue weighted by molar-refractivity contribution is 5.97. The van der Waals surface area contributed by atoms with Crippen molar-refractivity contribution in [2.24, 2.45) is 11.7 Å². The number of phenolic OH excluding ortho intramolecular Hbond substituents is 1. The number of amides is 2. The molecule has 0 aliphatic carbocycles. The molecular weight excluding hydrogens is 272 g/mol. The van der Waals surface area contributed by atoms with Crippen LogP contribution in [0.3, 0.4) is 0 Å². The van der Waals surface area contributed by atoms with Gasteiger partial charge in [0.05, 0.1) is 12.7 Å². The van der Waals surface area contributed by atoms with Gasteiger partial charge in [0.2, 0.25) is 5.91 Å². The highest BCUT2D eigenvalue weighted by Crippen LogP contribution is 2.27. The van der Waals surface area contributed by atoms with Crippen LogP contribution in [0.2, 0.25) is 0 Å². The molecule has 0 saturated carbocycles. The summed E-state index contributed by atoms with van der Waals surface area (Å²) in [5, 5.41) is 9.91. The summed E-state index contributed by atoms with van der Waals surface area (Å²) < 4.78 is 5.00. The smallest absolute Gasteiger partial charge is 0.257 e. The Hall–Kier alpha value is -2.24. The van der Waals surface area contributed by atoms with Crippen LogP contribution in [0.4, 0.5) is 0 Å². The fourth-order valence-electron chi connectivity index (χ4n) is 2.61. The number of aromatic hydroxyl groups is 1. The minimum atomic E-state index is -0.299. The number of hydrogen-bond acceptors (Lipinski definition) is 4. The molecule has 0 unspecified atom stereocenters. The highest BCUT2D eigenvalue weighted by atomic mass is 16.5. The number of ether oxygens (including phenoxy) is 1. The lowest BCUT2D eigenvalue weighted by atomic mass is 9.93. The molecule has 1 aliphatic rings. The van der Waals surface area contributed by atoms with Crippen LogP contribution in [0.25, 0.3) is 0 Å². The van der Waals surface area contributed by atoms with Crippen molar-refractivity contribution in [1.82, 2.24) is 4.90 Å². The van der Waals surface area contributed by atoms with E-state index in [2.05, 4.69) is 0 Å². The molecule has 2 amide bonds. The molecule has 0 spiro atoms. The van der Waals surface area contributed by atoms with Gasteiger partial charge in [-0.05, 0) is 30.9 Å². The molecule has 0 atom stereocenters. The highest BCUT2D eigenvalue weighted by Gasteiger charge is 2.26. The number of benzene rings is 1. The standard InChI is InChI=1S/C15H20N2O4/c1-21-11-2-3-12(13(18)9-11)15(20)17-6-4-10(5-7-17)8-14(16)19/h2-3,9-10,18H,4-8H2,1H3,(H2,16,19). The second kappa shape index (κ2) is 6.47. The van der Waals surface area contributed by atoms with E-state index in [1.54, 1.807) is 17.0 Å². The van der Waals surface area contributed by atoms with Crippen molar-refractivity contribution in [3.05, 3.63) is 23.8 Å². The SMILES string of the molecule is COc1ccc(C(=O)N2CCC(CC(N)=O)CC2)c(O)c1. The fraction of sp³-hybridized carbons (Fsp3) is 0.467. The maximum Gasteiger partial charge on any atom is 0.257 e. The minimum absolute atomic E-state index is 0.0846. The largest absolute Gasteiger partial charge is 0.507 e. The molecule has 2 rings (SSSR count). The van der Waals surface area contributed by atoms with E-state index < -0.39 is 0 Å². The topological polar surface area (TPSA) is 92.9 Å². The van der Waals surface area contributed by atoms with Crippen LogP contribution in [-0.4, -0.2) is 42.0 Å². The molecule has 0 aromatic heterocycles. The third-order valence-corrected chi connectivity index (χ3v) is 3.83. The number of rotatable bonds is 4. The monoisotopic (exact) mass is 292 g/mol. The number of primary amides is 1. The fourth-order valence-corrected chi connectivity index (χ4v) is 2.61. The predicted octanol–water partition coefficient (Wildman–Crippen LogP) is 1.13. The van der Waals surface area contributed by atoms with Crippen molar-refractivity contribution < 1.29 is 19.4 Å². The molecule has 114 valence electrons. The number of nitrogens with zero attached hydrogens (tertiary/aromatic N) is 1. The van der Waals surface area contributed by atoms with Gasteiger partial charge in [0, 0.05) is 25.6 Å². The number of carbonyl (C=O) groups is 2. The lowest BCUT2D eigenvalue weighted by Gasteiger charge is -2.31. The molecule has 1 aromatic rings. The lowest BCUT2D eigenvalue weighted by Crippen LogP contribution is -2.39. The van der Waals surface area contributed by atoms with Crippen molar-refractivity contribution in [1.29, 1.82) is 0 Å². The minimum Gasteiger partial charge on any atom is -0.507 e. The number of piperidine rings is 1. The van der Waals surface area contributed by atoms with Crippen LogP contribution in [0.5, 0.6) is 11.5 Å². The van der Waals surface area contributed by atoms with Gasteiger partial charge in [-0.3, -0.25) is 9.59 Å². The first-order valence-corrected chi connectivity index (χ1v) is 6.96. The number of carbonyl (C=O) groups excluding carboxylic acids is 2. The van der Waals surface area contributed by atoms with E-state index in [1.165, 1.54) is 13.2 Å². The number of phenols is 1. The van der Waals surface area contributed by atoms with Crippen LogP contribution in [0.1, 0.15) is 29.6 Å². The third-order valence-electron chi connectivity index (χ3n) is 3.83. The van der Waals surface area contributed by atoms with Gasteiger partial charge in [0.25, 0.3) is 5.91 Å². The van der Waals surface area contributed by atoms with E-state index in [1.807, 2.05) is 0 Å². The summed E-state index contributed by atoms with van der Waals surface area (Å²) in [6, 6.07) is 4.63. The van der Waals surface area contributed by atoms with Crippen LogP contribution < -0.4 is 10.5 Å². The van der Waals surface area contributed by atoms with Crippen LogP contribution >= 0.6 is 0 Å². The Balaban J connectivity index is 2.00. The Labute approximate surface area is 123 Å². The van der Waals surface area contributed by atoms with Gasteiger partial charge in [-0.1, -0.05) is 0 Å². The maximum absolute atomic E-state index is 12.4. The van der Waals surface area contributed by atoms with Gasteiger partial charge in [-0.25, -0.2) is 0 Å². The normalized spacial score (nSPS) is 15.8. The molecule has 6 heteroatoms. The lowest BCUT2D eigenvalue weighted by molar-refractivity contribution is -0.119. The first kappa shape index (κ1) is 15.2. The average molecular weight is 292 g/mol. The van der Waals surface area contributed by atoms with Gasteiger partial charge in [-0.15, -0.1) is 0 Å². The van der Waals surface area contributed by atoms with Gasteiger partial charge < -0.3 is 20.5 Å². The summed E-state index contributed by atoms with van der Waals surface area (Å²) in [5.41, 5.74) is 5.46. The van der Waals surface area contributed by atoms with Crippen molar-refractivity contribution in [2.45, 2.75) is 19.3 Å². The Morgan fingerprint density at radius 1 is 1.38 bits per heavy atom. The molecule has 1 aliphatic heterocycles. The third kappa shape index (κ3) is 3.65. The molecule has 1 aromatic carbocycles. The molecule has 6 nitrogen and oxygen atoms in total. The van der Waals surface area contributed by atoms with Gasteiger partial charge >= 0.3 is 0 Å². The van der Waals surface area contributed by atoms with E-state index in [9.17, 15) is 14.7 Å². The van der Waals surface area contributed by atoms with Crippen LogP contribution in [-0.2, 0) is 4.79 Å². The van der Waals surface area contributed by atoms with E-state index in [4.69, 9.17) is 10.5 Å². The Morgan fingerprint density at radius 3 is 2.57 bits per heavy atom. The Bertz CT molecular complexity index is 536. The molecule has 0 radical (unpaired) electrons. The van der Waals surface area contributed by atoms with E-state index >= 15 is 0 Å². The molecular formula is C15H20N2O4. The number of methoxy groups -OCH3 is 1. The van der Waals surface area contributed by atoms with Crippen molar-refractivity contribution in [3.63, 3.8) is 0 Å². The summed E-state index contributed by atoms with van der Waals surface area (Å²) in [7, 11) is 1.50. The van der Waals surface area contributed by atoms with Gasteiger partial charge in [0.1, 0.15) is 11.5 Å².